The molecule has 1 aromatic rings. The van der Waals surface area contributed by atoms with Crippen molar-refractivity contribution in [1.82, 2.24) is 10.3 Å². The van der Waals surface area contributed by atoms with Crippen LogP contribution in [0.5, 0.6) is 0 Å². The molecule has 1 amide bonds. The van der Waals surface area contributed by atoms with Crippen LogP contribution in [0, 0.1) is 0 Å². The second-order valence-corrected chi connectivity index (χ2v) is 4.29. The van der Waals surface area contributed by atoms with E-state index in [4.69, 9.17) is 10.5 Å². The molecule has 5 heteroatoms. The van der Waals surface area contributed by atoms with Crippen LogP contribution < -0.4 is 11.1 Å². The first-order chi connectivity index (χ1) is 8.26. The first-order valence-electron chi connectivity index (χ1n) is 5.76. The van der Waals surface area contributed by atoms with E-state index in [0.717, 1.165) is 12.8 Å². The molecule has 2 rings (SSSR count). The Morgan fingerprint density at radius 1 is 1.41 bits per heavy atom. The summed E-state index contributed by atoms with van der Waals surface area (Å²) in [7, 11) is 0. The summed E-state index contributed by atoms with van der Waals surface area (Å²) >= 11 is 0. The molecule has 0 unspecified atom stereocenters. The van der Waals surface area contributed by atoms with Gasteiger partial charge in [0.25, 0.3) is 5.91 Å². The van der Waals surface area contributed by atoms with Gasteiger partial charge in [0.1, 0.15) is 0 Å². The molecule has 0 saturated carbocycles. The molecule has 3 N–H and O–H groups in total. The summed E-state index contributed by atoms with van der Waals surface area (Å²) in [5.74, 6) is -0.0975. The first kappa shape index (κ1) is 12.0. The van der Waals surface area contributed by atoms with Crippen LogP contribution in [0.4, 0.5) is 0 Å². The van der Waals surface area contributed by atoms with Gasteiger partial charge in [-0.2, -0.15) is 0 Å². The van der Waals surface area contributed by atoms with Crippen molar-refractivity contribution in [1.29, 1.82) is 0 Å². The molecule has 0 aliphatic carbocycles. The van der Waals surface area contributed by atoms with Crippen molar-refractivity contribution >= 4 is 5.91 Å². The molecule has 5 nitrogen and oxygen atoms in total. The third-order valence-electron chi connectivity index (χ3n) is 3.16. The number of nitrogens with two attached hydrogens (primary N) is 1. The number of hydrogen-bond donors (Lipinski definition) is 2. The quantitative estimate of drug-likeness (QED) is 0.791. The largest absolute Gasteiger partial charge is 0.381 e. The van der Waals surface area contributed by atoms with E-state index in [-0.39, 0.29) is 11.4 Å². The summed E-state index contributed by atoms with van der Waals surface area (Å²) in [6.07, 6.45) is 4.74. The molecular formula is C12H17N3O2. The van der Waals surface area contributed by atoms with Crippen LogP contribution >= 0.6 is 0 Å². The van der Waals surface area contributed by atoms with Crippen LogP contribution in [0.2, 0.25) is 0 Å². The first-order valence-corrected chi connectivity index (χ1v) is 5.76. The van der Waals surface area contributed by atoms with Crippen molar-refractivity contribution in [3.05, 3.63) is 30.1 Å². The third kappa shape index (κ3) is 2.81. The summed E-state index contributed by atoms with van der Waals surface area (Å²) in [5, 5.41) is 3.03. The highest BCUT2D eigenvalue weighted by atomic mass is 16.5. The molecule has 0 radical (unpaired) electrons. The topological polar surface area (TPSA) is 77.2 Å². The summed E-state index contributed by atoms with van der Waals surface area (Å²) in [6, 6.07) is 3.39. The molecule has 0 bridgehead atoms. The van der Waals surface area contributed by atoms with E-state index >= 15 is 0 Å². The van der Waals surface area contributed by atoms with Crippen LogP contribution in [0.3, 0.4) is 0 Å². The number of carbonyl (C=O) groups excluding carboxylic acids is 1. The van der Waals surface area contributed by atoms with Crippen molar-refractivity contribution in [3.8, 4) is 0 Å². The molecule has 2 heterocycles. The SMILES string of the molecule is NCC1(NC(=O)c2ccncc2)CCOCC1. The van der Waals surface area contributed by atoms with Gasteiger partial charge in [-0.15, -0.1) is 0 Å². The van der Waals surface area contributed by atoms with Gasteiger partial charge >= 0.3 is 0 Å². The van der Waals surface area contributed by atoms with Crippen LogP contribution in [0.1, 0.15) is 23.2 Å². The van der Waals surface area contributed by atoms with Crippen molar-refractivity contribution in [3.63, 3.8) is 0 Å². The Bertz CT molecular complexity index is 375. The fraction of sp³-hybridized carbons (Fsp3) is 0.500. The zero-order valence-electron chi connectivity index (χ0n) is 9.69. The number of aromatic nitrogens is 1. The fourth-order valence-corrected chi connectivity index (χ4v) is 1.96. The minimum Gasteiger partial charge on any atom is -0.381 e. The Morgan fingerprint density at radius 2 is 2.06 bits per heavy atom. The summed E-state index contributed by atoms with van der Waals surface area (Å²) in [4.78, 5) is 15.9. The molecule has 1 aromatic heterocycles. The molecule has 0 aromatic carbocycles. The molecule has 0 atom stereocenters. The van der Waals surface area contributed by atoms with E-state index in [0.29, 0.717) is 25.3 Å². The lowest BCUT2D eigenvalue weighted by Crippen LogP contribution is -2.56. The molecule has 1 saturated heterocycles. The Balaban J connectivity index is 2.06. The maximum Gasteiger partial charge on any atom is 0.251 e. The van der Waals surface area contributed by atoms with Crippen molar-refractivity contribution < 1.29 is 9.53 Å². The maximum absolute atomic E-state index is 12.0. The lowest BCUT2D eigenvalue weighted by atomic mass is 9.90. The molecule has 1 fully saturated rings. The Morgan fingerprint density at radius 3 is 2.65 bits per heavy atom. The number of carbonyl (C=O) groups is 1. The number of ether oxygens (including phenoxy) is 1. The second kappa shape index (κ2) is 5.25. The zero-order valence-corrected chi connectivity index (χ0v) is 9.69. The van der Waals surface area contributed by atoms with E-state index in [1.165, 1.54) is 0 Å². The molecule has 92 valence electrons. The van der Waals surface area contributed by atoms with Crippen LogP contribution in [-0.4, -0.2) is 36.2 Å². The molecule has 0 spiro atoms. The van der Waals surface area contributed by atoms with E-state index in [9.17, 15) is 4.79 Å². The van der Waals surface area contributed by atoms with E-state index in [1.54, 1.807) is 24.5 Å². The van der Waals surface area contributed by atoms with Crippen molar-refractivity contribution in [2.75, 3.05) is 19.8 Å². The van der Waals surface area contributed by atoms with E-state index in [2.05, 4.69) is 10.3 Å². The average Bonchev–Trinajstić information content (AvgIpc) is 2.41. The third-order valence-corrected chi connectivity index (χ3v) is 3.16. The molecular weight excluding hydrogens is 218 g/mol. The van der Waals surface area contributed by atoms with Gasteiger partial charge in [-0.3, -0.25) is 9.78 Å². The van der Waals surface area contributed by atoms with Gasteiger partial charge in [-0.05, 0) is 25.0 Å². The summed E-state index contributed by atoms with van der Waals surface area (Å²) < 4.78 is 5.30. The highest BCUT2D eigenvalue weighted by Crippen LogP contribution is 2.19. The highest BCUT2D eigenvalue weighted by molar-refractivity contribution is 5.94. The van der Waals surface area contributed by atoms with Crippen LogP contribution in [-0.2, 0) is 4.74 Å². The predicted octanol–water partition coefficient (Wildman–Crippen LogP) is 0.319. The summed E-state index contributed by atoms with van der Waals surface area (Å²) in [5.41, 5.74) is 6.07. The number of rotatable bonds is 3. The Labute approximate surface area is 100 Å². The molecule has 1 aliphatic rings. The Kier molecular flexibility index (Phi) is 3.71. The van der Waals surface area contributed by atoms with Gasteiger partial charge in [0, 0.05) is 37.7 Å². The normalized spacial score (nSPS) is 18.6. The number of hydrogen-bond acceptors (Lipinski definition) is 4. The van der Waals surface area contributed by atoms with Gasteiger partial charge in [-0.1, -0.05) is 0 Å². The number of nitrogens with zero attached hydrogens (tertiary/aromatic N) is 1. The molecule has 17 heavy (non-hydrogen) atoms. The predicted molar refractivity (Wildman–Crippen MR) is 63.5 cm³/mol. The van der Waals surface area contributed by atoms with Gasteiger partial charge in [0.2, 0.25) is 0 Å². The van der Waals surface area contributed by atoms with E-state index < -0.39 is 0 Å². The summed E-state index contributed by atoms with van der Waals surface area (Å²) in [6.45, 7) is 1.73. The number of pyridine rings is 1. The standard InChI is InChI=1S/C12H17N3O2/c13-9-12(3-7-17-8-4-12)15-11(16)10-1-5-14-6-2-10/h1-2,5-6H,3-4,7-9,13H2,(H,15,16). The van der Waals surface area contributed by atoms with Gasteiger partial charge in [0.15, 0.2) is 0 Å². The lowest BCUT2D eigenvalue weighted by molar-refractivity contribution is 0.0388. The van der Waals surface area contributed by atoms with Crippen LogP contribution in [0.25, 0.3) is 0 Å². The molecule has 1 aliphatic heterocycles. The van der Waals surface area contributed by atoms with Crippen molar-refractivity contribution in [2.24, 2.45) is 5.73 Å². The van der Waals surface area contributed by atoms with Gasteiger partial charge in [-0.25, -0.2) is 0 Å². The lowest BCUT2D eigenvalue weighted by Gasteiger charge is -2.36. The number of nitrogens with one attached hydrogen (secondary N) is 1. The van der Waals surface area contributed by atoms with Crippen LogP contribution in [0.15, 0.2) is 24.5 Å². The smallest absolute Gasteiger partial charge is 0.251 e. The maximum atomic E-state index is 12.0. The minimum atomic E-state index is -0.321. The number of amides is 1. The average molecular weight is 235 g/mol. The highest BCUT2D eigenvalue weighted by Gasteiger charge is 2.32. The Hall–Kier alpha value is -1.46. The zero-order chi connectivity index (χ0) is 12.1. The second-order valence-electron chi connectivity index (χ2n) is 4.29. The van der Waals surface area contributed by atoms with E-state index in [1.807, 2.05) is 0 Å². The monoisotopic (exact) mass is 235 g/mol. The fourth-order valence-electron chi connectivity index (χ4n) is 1.96. The van der Waals surface area contributed by atoms with Gasteiger partial charge in [0.05, 0.1) is 5.54 Å². The van der Waals surface area contributed by atoms with Crippen molar-refractivity contribution in [2.45, 2.75) is 18.4 Å². The minimum absolute atomic E-state index is 0.0975. The van der Waals surface area contributed by atoms with Gasteiger partial charge < -0.3 is 15.8 Å².